The second-order valence-electron chi connectivity index (χ2n) is 5.00. The molecule has 0 saturated carbocycles. The molecule has 0 aliphatic rings. The molecule has 0 aromatic heterocycles. The Hall–Kier alpha value is -1.51. The number of benzene rings is 1. The number of nitrogens with two attached hydrogens (primary N) is 1. The summed E-state index contributed by atoms with van der Waals surface area (Å²) in [4.78, 5) is 11.5. The molecule has 0 spiro atoms. The highest BCUT2D eigenvalue weighted by Gasteiger charge is 2.20. The number of hydrogen-bond donors (Lipinski definition) is 1. The standard InChI is InChI=1S/C13H19NO2/c1-8-6-10(13(2,3)4)11(14)7-9(8)12(15)16-5/h6-7H,14H2,1-5H3. The summed E-state index contributed by atoms with van der Waals surface area (Å²) in [6, 6.07) is 3.66. The molecular weight excluding hydrogens is 202 g/mol. The Kier molecular flexibility index (Phi) is 3.27. The maximum absolute atomic E-state index is 11.5. The Morgan fingerprint density at radius 2 is 1.88 bits per heavy atom. The predicted molar refractivity (Wildman–Crippen MR) is 65.6 cm³/mol. The van der Waals surface area contributed by atoms with E-state index in [2.05, 4.69) is 20.8 Å². The van der Waals surface area contributed by atoms with Crippen molar-refractivity contribution in [1.29, 1.82) is 0 Å². The topological polar surface area (TPSA) is 52.3 Å². The third-order valence-electron chi connectivity index (χ3n) is 2.61. The van der Waals surface area contributed by atoms with Crippen LogP contribution >= 0.6 is 0 Å². The Bertz CT molecular complexity index is 417. The van der Waals surface area contributed by atoms with Crippen molar-refractivity contribution in [2.75, 3.05) is 12.8 Å². The third kappa shape index (κ3) is 2.35. The van der Waals surface area contributed by atoms with E-state index in [-0.39, 0.29) is 11.4 Å². The summed E-state index contributed by atoms with van der Waals surface area (Å²) in [6.45, 7) is 8.17. The molecule has 1 rings (SSSR count). The summed E-state index contributed by atoms with van der Waals surface area (Å²) >= 11 is 0. The largest absolute Gasteiger partial charge is 0.465 e. The summed E-state index contributed by atoms with van der Waals surface area (Å²) in [7, 11) is 1.37. The SMILES string of the molecule is COC(=O)c1cc(N)c(C(C)(C)C)cc1C. The van der Waals surface area contributed by atoms with Crippen LogP contribution < -0.4 is 5.73 Å². The first kappa shape index (κ1) is 12.6. The van der Waals surface area contributed by atoms with Crippen LogP contribution in [0.5, 0.6) is 0 Å². The van der Waals surface area contributed by atoms with Crippen molar-refractivity contribution < 1.29 is 9.53 Å². The predicted octanol–water partition coefficient (Wildman–Crippen LogP) is 2.66. The molecule has 2 N–H and O–H groups in total. The lowest BCUT2D eigenvalue weighted by molar-refractivity contribution is 0.0600. The van der Waals surface area contributed by atoms with Crippen molar-refractivity contribution in [3.8, 4) is 0 Å². The Balaban J connectivity index is 3.33. The van der Waals surface area contributed by atoms with Gasteiger partial charge < -0.3 is 10.5 Å². The Morgan fingerprint density at radius 1 is 1.31 bits per heavy atom. The number of aryl methyl sites for hydroxylation is 1. The Labute approximate surface area is 96.6 Å². The van der Waals surface area contributed by atoms with Crippen molar-refractivity contribution in [3.05, 3.63) is 28.8 Å². The van der Waals surface area contributed by atoms with Gasteiger partial charge in [0.25, 0.3) is 0 Å². The number of methoxy groups -OCH3 is 1. The van der Waals surface area contributed by atoms with Gasteiger partial charge in [0.1, 0.15) is 0 Å². The van der Waals surface area contributed by atoms with Crippen LogP contribution in [0.25, 0.3) is 0 Å². The average molecular weight is 221 g/mol. The zero-order chi connectivity index (χ0) is 12.5. The van der Waals surface area contributed by atoms with E-state index in [1.54, 1.807) is 6.07 Å². The fourth-order valence-corrected chi connectivity index (χ4v) is 1.70. The Morgan fingerprint density at radius 3 is 2.31 bits per heavy atom. The number of hydrogen-bond acceptors (Lipinski definition) is 3. The van der Waals surface area contributed by atoms with E-state index in [4.69, 9.17) is 10.5 Å². The van der Waals surface area contributed by atoms with E-state index in [9.17, 15) is 4.79 Å². The number of anilines is 1. The van der Waals surface area contributed by atoms with Crippen LogP contribution in [0.1, 0.15) is 42.3 Å². The third-order valence-corrected chi connectivity index (χ3v) is 2.61. The molecule has 3 heteroatoms. The van der Waals surface area contributed by atoms with Gasteiger partial charge in [-0.2, -0.15) is 0 Å². The number of nitrogen functional groups attached to an aromatic ring is 1. The van der Waals surface area contributed by atoms with Gasteiger partial charge in [-0.1, -0.05) is 26.8 Å². The lowest BCUT2D eigenvalue weighted by Crippen LogP contribution is -2.16. The molecule has 0 amide bonds. The molecule has 0 aliphatic heterocycles. The number of esters is 1. The minimum Gasteiger partial charge on any atom is -0.465 e. The van der Waals surface area contributed by atoms with E-state index in [0.717, 1.165) is 11.1 Å². The first-order chi connectivity index (χ1) is 7.27. The van der Waals surface area contributed by atoms with Gasteiger partial charge in [0.15, 0.2) is 0 Å². The lowest BCUT2D eigenvalue weighted by atomic mass is 9.84. The number of carbonyl (C=O) groups excluding carboxylic acids is 1. The van der Waals surface area contributed by atoms with E-state index >= 15 is 0 Å². The maximum Gasteiger partial charge on any atom is 0.338 e. The van der Waals surface area contributed by atoms with Gasteiger partial charge in [-0.15, -0.1) is 0 Å². The second-order valence-corrected chi connectivity index (χ2v) is 5.00. The van der Waals surface area contributed by atoms with Crippen LogP contribution in [0.3, 0.4) is 0 Å². The average Bonchev–Trinajstić information content (AvgIpc) is 2.18. The van der Waals surface area contributed by atoms with Crippen molar-refractivity contribution in [2.24, 2.45) is 0 Å². The van der Waals surface area contributed by atoms with Crippen LogP contribution in [0, 0.1) is 6.92 Å². The summed E-state index contributed by atoms with van der Waals surface area (Å²) in [5.41, 5.74) is 9.06. The second kappa shape index (κ2) is 4.16. The molecule has 1 aromatic carbocycles. The normalized spacial score (nSPS) is 11.3. The van der Waals surface area contributed by atoms with Gasteiger partial charge in [0, 0.05) is 5.69 Å². The maximum atomic E-state index is 11.5. The molecule has 0 fully saturated rings. The summed E-state index contributed by atoms with van der Waals surface area (Å²) in [6.07, 6.45) is 0. The van der Waals surface area contributed by atoms with Gasteiger partial charge in [-0.3, -0.25) is 0 Å². The molecule has 0 aliphatic carbocycles. The molecular formula is C13H19NO2. The van der Waals surface area contributed by atoms with Crippen molar-refractivity contribution in [1.82, 2.24) is 0 Å². The molecule has 0 heterocycles. The number of carbonyl (C=O) groups is 1. The van der Waals surface area contributed by atoms with Crippen LogP contribution in [-0.2, 0) is 10.2 Å². The van der Waals surface area contributed by atoms with Crippen molar-refractivity contribution in [2.45, 2.75) is 33.1 Å². The summed E-state index contributed by atoms with van der Waals surface area (Å²) in [5, 5.41) is 0. The van der Waals surface area contributed by atoms with E-state index in [0.29, 0.717) is 11.3 Å². The fourth-order valence-electron chi connectivity index (χ4n) is 1.70. The smallest absolute Gasteiger partial charge is 0.338 e. The van der Waals surface area contributed by atoms with E-state index < -0.39 is 0 Å². The van der Waals surface area contributed by atoms with Crippen LogP contribution in [0.15, 0.2) is 12.1 Å². The monoisotopic (exact) mass is 221 g/mol. The quantitative estimate of drug-likeness (QED) is 0.586. The number of ether oxygens (including phenoxy) is 1. The molecule has 16 heavy (non-hydrogen) atoms. The van der Waals surface area contributed by atoms with E-state index in [1.165, 1.54) is 7.11 Å². The minimum atomic E-state index is -0.343. The molecule has 0 radical (unpaired) electrons. The first-order valence-electron chi connectivity index (χ1n) is 5.26. The molecule has 1 aromatic rings. The van der Waals surface area contributed by atoms with Gasteiger partial charge in [-0.05, 0) is 29.5 Å². The van der Waals surface area contributed by atoms with E-state index in [1.807, 2.05) is 13.0 Å². The number of rotatable bonds is 1. The zero-order valence-corrected chi connectivity index (χ0v) is 10.5. The lowest BCUT2D eigenvalue weighted by Gasteiger charge is -2.22. The van der Waals surface area contributed by atoms with Gasteiger partial charge >= 0.3 is 5.97 Å². The van der Waals surface area contributed by atoms with Crippen LogP contribution in [0.4, 0.5) is 5.69 Å². The molecule has 0 saturated heterocycles. The first-order valence-corrected chi connectivity index (χ1v) is 5.26. The van der Waals surface area contributed by atoms with Crippen LogP contribution in [-0.4, -0.2) is 13.1 Å². The van der Waals surface area contributed by atoms with Gasteiger partial charge in [0.05, 0.1) is 12.7 Å². The fraction of sp³-hybridized carbons (Fsp3) is 0.462. The highest BCUT2D eigenvalue weighted by molar-refractivity contribution is 5.92. The molecule has 0 unspecified atom stereocenters. The van der Waals surface area contributed by atoms with Crippen molar-refractivity contribution >= 4 is 11.7 Å². The highest BCUT2D eigenvalue weighted by atomic mass is 16.5. The summed E-state index contributed by atoms with van der Waals surface area (Å²) < 4.78 is 4.70. The van der Waals surface area contributed by atoms with Gasteiger partial charge in [-0.25, -0.2) is 4.79 Å². The minimum absolute atomic E-state index is 0.0243. The van der Waals surface area contributed by atoms with Crippen LogP contribution in [0.2, 0.25) is 0 Å². The molecule has 0 bridgehead atoms. The molecule has 0 atom stereocenters. The highest BCUT2D eigenvalue weighted by Crippen LogP contribution is 2.30. The molecule has 3 nitrogen and oxygen atoms in total. The zero-order valence-electron chi connectivity index (χ0n) is 10.5. The molecule has 88 valence electrons. The summed E-state index contributed by atoms with van der Waals surface area (Å²) in [5.74, 6) is -0.343. The van der Waals surface area contributed by atoms with Gasteiger partial charge in [0.2, 0.25) is 0 Å². The van der Waals surface area contributed by atoms with Crippen molar-refractivity contribution in [3.63, 3.8) is 0 Å².